The van der Waals surface area contributed by atoms with Crippen LogP contribution in [0.25, 0.3) is 11.3 Å². The molecule has 2 N–H and O–H groups in total. The largest absolute Gasteiger partial charge is 0.325 e. The molecule has 0 aliphatic rings. The molecule has 0 aliphatic carbocycles. The molecule has 2 amide bonds. The summed E-state index contributed by atoms with van der Waals surface area (Å²) in [5.41, 5.74) is 5.09. The minimum atomic E-state index is -0.317. The lowest BCUT2D eigenvalue weighted by Crippen LogP contribution is -2.19. The number of amides is 2. The molecule has 0 radical (unpaired) electrons. The lowest BCUT2D eigenvalue weighted by molar-refractivity contribution is 0.262. The number of para-hydroxylation sites is 1. The van der Waals surface area contributed by atoms with E-state index >= 15 is 0 Å². The molecule has 122 valence electrons. The van der Waals surface area contributed by atoms with E-state index in [4.69, 9.17) is 0 Å². The minimum absolute atomic E-state index is 0.317. The van der Waals surface area contributed by atoms with Gasteiger partial charge in [-0.2, -0.15) is 0 Å². The van der Waals surface area contributed by atoms with Gasteiger partial charge >= 0.3 is 6.03 Å². The zero-order valence-corrected chi connectivity index (χ0v) is 15.7. The monoisotopic (exact) mass is 401 g/mol. The summed E-state index contributed by atoms with van der Waals surface area (Å²) < 4.78 is 0.829. The Morgan fingerprint density at radius 1 is 1.08 bits per heavy atom. The number of urea groups is 1. The number of aromatic nitrogens is 1. The second kappa shape index (κ2) is 7.15. The van der Waals surface area contributed by atoms with E-state index in [9.17, 15) is 4.79 Å². The van der Waals surface area contributed by atoms with Crippen LogP contribution in [0.3, 0.4) is 0 Å². The van der Waals surface area contributed by atoms with E-state index in [1.54, 1.807) is 0 Å². The van der Waals surface area contributed by atoms with Crippen LogP contribution < -0.4 is 10.6 Å². The zero-order chi connectivity index (χ0) is 17.1. The van der Waals surface area contributed by atoms with Crippen molar-refractivity contribution in [3.8, 4) is 11.3 Å². The third-order valence-corrected chi connectivity index (χ3v) is 5.10. The molecule has 3 rings (SSSR count). The van der Waals surface area contributed by atoms with Gasteiger partial charge in [0, 0.05) is 15.4 Å². The Morgan fingerprint density at radius 2 is 1.88 bits per heavy atom. The topological polar surface area (TPSA) is 54.0 Å². The maximum Gasteiger partial charge on any atom is 0.325 e. The van der Waals surface area contributed by atoms with Gasteiger partial charge in [0.2, 0.25) is 0 Å². The van der Waals surface area contributed by atoms with E-state index in [-0.39, 0.29) is 6.03 Å². The quantitative estimate of drug-likeness (QED) is 0.579. The van der Waals surface area contributed by atoms with Gasteiger partial charge in [-0.05, 0) is 59.1 Å². The Morgan fingerprint density at radius 3 is 2.62 bits per heavy atom. The van der Waals surface area contributed by atoms with Gasteiger partial charge in [-0.1, -0.05) is 24.3 Å². The first-order valence-corrected chi connectivity index (χ1v) is 9.06. The number of carbonyl (C=O) groups excluding carboxylic acids is 1. The second-order valence-electron chi connectivity index (χ2n) is 5.40. The Labute approximate surface area is 153 Å². The summed E-state index contributed by atoms with van der Waals surface area (Å²) in [7, 11) is 0. The van der Waals surface area contributed by atoms with Gasteiger partial charge in [-0.25, -0.2) is 9.78 Å². The van der Waals surface area contributed by atoms with Gasteiger partial charge < -0.3 is 5.32 Å². The van der Waals surface area contributed by atoms with Gasteiger partial charge in [0.1, 0.15) is 0 Å². The number of nitrogens with one attached hydrogen (secondary N) is 2. The van der Waals surface area contributed by atoms with Crippen LogP contribution in [0.1, 0.15) is 11.1 Å². The number of halogens is 1. The number of nitrogens with zero attached hydrogens (tertiary/aromatic N) is 1. The van der Waals surface area contributed by atoms with Crippen LogP contribution in [-0.4, -0.2) is 11.0 Å². The number of aryl methyl sites for hydroxylation is 2. The fourth-order valence-electron chi connectivity index (χ4n) is 2.18. The van der Waals surface area contributed by atoms with Crippen molar-refractivity contribution in [3.05, 3.63) is 63.4 Å². The summed E-state index contributed by atoms with van der Waals surface area (Å²) >= 11 is 4.80. The zero-order valence-electron chi connectivity index (χ0n) is 13.3. The number of rotatable bonds is 3. The lowest BCUT2D eigenvalue weighted by atomic mass is 10.1. The molecule has 0 fully saturated rings. The van der Waals surface area contributed by atoms with Gasteiger partial charge in [0.15, 0.2) is 5.13 Å². The molecule has 0 bridgehead atoms. The number of carbonyl (C=O) groups is 1. The molecule has 0 unspecified atom stereocenters. The molecule has 6 heteroatoms. The third kappa shape index (κ3) is 3.83. The van der Waals surface area contributed by atoms with Crippen LogP contribution >= 0.6 is 27.3 Å². The summed E-state index contributed by atoms with van der Waals surface area (Å²) in [6, 6.07) is 13.4. The van der Waals surface area contributed by atoms with Crippen molar-refractivity contribution in [1.29, 1.82) is 0 Å². The van der Waals surface area contributed by atoms with Gasteiger partial charge in [-0.3, -0.25) is 5.32 Å². The molecule has 3 aromatic rings. The molecule has 0 saturated carbocycles. The number of benzene rings is 2. The summed E-state index contributed by atoms with van der Waals surface area (Å²) in [5, 5.41) is 8.07. The fourth-order valence-corrected chi connectivity index (χ4v) is 3.28. The molecule has 0 saturated heterocycles. The molecule has 24 heavy (non-hydrogen) atoms. The third-order valence-electron chi connectivity index (χ3n) is 3.65. The van der Waals surface area contributed by atoms with E-state index in [1.165, 1.54) is 22.5 Å². The highest BCUT2D eigenvalue weighted by Crippen LogP contribution is 2.27. The second-order valence-corrected chi connectivity index (χ2v) is 7.11. The fraction of sp³-hybridized carbons (Fsp3) is 0.111. The molecule has 1 aromatic heterocycles. The number of thiazole rings is 1. The van der Waals surface area contributed by atoms with E-state index in [2.05, 4.69) is 57.5 Å². The molecule has 1 heterocycles. The number of anilines is 2. The van der Waals surface area contributed by atoms with Crippen molar-refractivity contribution in [1.82, 2.24) is 4.98 Å². The molecule has 0 atom stereocenters. The first-order valence-electron chi connectivity index (χ1n) is 7.38. The van der Waals surface area contributed by atoms with Crippen molar-refractivity contribution < 1.29 is 4.79 Å². The first kappa shape index (κ1) is 16.7. The van der Waals surface area contributed by atoms with Crippen LogP contribution in [0.15, 0.2) is 52.3 Å². The normalized spacial score (nSPS) is 10.5. The van der Waals surface area contributed by atoms with Gasteiger partial charge in [0.25, 0.3) is 0 Å². The smallest absolute Gasteiger partial charge is 0.307 e. The Balaban J connectivity index is 1.70. The lowest BCUT2D eigenvalue weighted by Gasteiger charge is -2.07. The van der Waals surface area contributed by atoms with Crippen molar-refractivity contribution in [2.75, 3.05) is 10.6 Å². The van der Waals surface area contributed by atoms with Gasteiger partial charge in [-0.15, -0.1) is 11.3 Å². The first-order chi connectivity index (χ1) is 11.5. The molecule has 2 aromatic carbocycles. The highest BCUT2D eigenvalue weighted by atomic mass is 79.9. The van der Waals surface area contributed by atoms with Crippen molar-refractivity contribution in [2.24, 2.45) is 0 Å². The van der Waals surface area contributed by atoms with Crippen LogP contribution in [0.2, 0.25) is 0 Å². The predicted octanol–water partition coefficient (Wildman–Crippen LogP) is 5.83. The molecule has 4 nitrogen and oxygen atoms in total. The average molecular weight is 402 g/mol. The Bertz CT molecular complexity index is 891. The minimum Gasteiger partial charge on any atom is -0.307 e. The van der Waals surface area contributed by atoms with E-state index < -0.39 is 0 Å². The maximum absolute atomic E-state index is 12.1. The molecule has 0 spiro atoms. The van der Waals surface area contributed by atoms with Crippen LogP contribution in [0.4, 0.5) is 15.6 Å². The number of hydrogen-bond donors (Lipinski definition) is 2. The predicted molar refractivity (Wildman–Crippen MR) is 104 cm³/mol. The Kier molecular flexibility index (Phi) is 4.97. The van der Waals surface area contributed by atoms with Crippen molar-refractivity contribution in [3.63, 3.8) is 0 Å². The molecular weight excluding hydrogens is 386 g/mol. The van der Waals surface area contributed by atoms with Crippen LogP contribution in [0.5, 0.6) is 0 Å². The van der Waals surface area contributed by atoms with E-state index in [0.717, 1.165) is 15.7 Å². The summed E-state index contributed by atoms with van der Waals surface area (Å²) in [5.74, 6) is 0. The maximum atomic E-state index is 12.1. The highest BCUT2D eigenvalue weighted by molar-refractivity contribution is 9.10. The summed E-state index contributed by atoms with van der Waals surface area (Å²) in [6.07, 6.45) is 0. The average Bonchev–Trinajstić information content (AvgIpc) is 3.00. The van der Waals surface area contributed by atoms with E-state index in [1.807, 2.05) is 35.7 Å². The SMILES string of the molecule is Cc1ccc(-c2csc(NC(=O)Nc3ccccc3Br)n2)cc1C. The highest BCUT2D eigenvalue weighted by Gasteiger charge is 2.10. The Hall–Kier alpha value is -2.18. The van der Waals surface area contributed by atoms with E-state index in [0.29, 0.717) is 10.8 Å². The molecule has 0 aliphatic heterocycles. The molecular formula is C18H16BrN3OS. The van der Waals surface area contributed by atoms with Gasteiger partial charge in [0.05, 0.1) is 11.4 Å². The van der Waals surface area contributed by atoms with Crippen molar-refractivity contribution in [2.45, 2.75) is 13.8 Å². The summed E-state index contributed by atoms with van der Waals surface area (Å²) in [6.45, 7) is 4.16. The standard InChI is InChI=1S/C18H16BrN3OS/c1-11-7-8-13(9-12(11)2)16-10-24-18(21-16)22-17(23)20-15-6-4-3-5-14(15)19/h3-10H,1-2H3,(H2,20,21,22,23). The van der Waals surface area contributed by atoms with Crippen LogP contribution in [-0.2, 0) is 0 Å². The van der Waals surface area contributed by atoms with Crippen molar-refractivity contribution >= 4 is 44.1 Å². The summed E-state index contributed by atoms with van der Waals surface area (Å²) in [4.78, 5) is 16.6. The number of hydrogen-bond acceptors (Lipinski definition) is 3. The van der Waals surface area contributed by atoms with Crippen LogP contribution in [0, 0.1) is 13.8 Å².